The topological polar surface area (TPSA) is 73.1 Å². The molecule has 0 saturated heterocycles. The van der Waals surface area contributed by atoms with Crippen LogP contribution in [0.3, 0.4) is 0 Å². The van der Waals surface area contributed by atoms with Gasteiger partial charge in [-0.25, -0.2) is 0 Å². The van der Waals surface area contributed by atoms with Crippen LogP contribution in [0.1, 0.15) is 37.8 Å². The lowest BCUT2D eigenvalue weighted by Crippen LogP contribution is -2.49. The van der Waals surface area contributed by atoms with E-state index >= 15 is 0 Å². The van der Waals surface area contributed by atoms with E-state index in [0.29, 0.717) is 18.5 Å². The molecule has 0 heterocycles. The molecule has 1 aromatic carbocycles. The van der Waals surface area contributed by atoms with Gasteiger partial charge in [0.25, 0.3) is 0 Å². The first-order valence-corrected chi connectivity index (χ1v) is 6.00. The van der Waals surface area contributed by atoms with Crippen LogP contribution in [-0.4, -0.2) is 16.6 Å². The minimum absolute atomic E-state index is 0.381. The second kappa shape index (κ2) is 6.18. The number of nitrogens with zero attached hydrogens (tertiary/aromatic N) is 1. The molecule has 0 fully saturated rings. The van der Waals surface area contributed by atoms with Gasteiger partial charge in [-0.2, -0.15) is 5.26 Å². The SMILES string of the molecule is CCCC(C)(NCc1ccccc1C#N)C(=O)O. The Morgan fingerprint density at radius 3 is 2.72 bits per heavy atom. The molecule has 4 heteroatoms. The number of hydrogen-bond acceptors (Lipinski definition) is 3. The van der Waals surface area contributed by atoms with Crippen LogP contribution in [0.2, 0.25) is 0 Å². The van der Waals surface area contributed by atoms with Crippen molar-refractivity contribution in [1.29, 1.82) is 5.26 Å². The fourth-order valence-electron chi connectivity index (χ4n) is 1.84. The summed E-state index contributed by atoms with van der Waals surface area (Å²) >= 11 is 0. The summed E-state index contributed by atoms with van der Waals surface area (Å²) in [5.41, 5.74) is 0.454. The van der Waals surface area contributed by atoms with Gasteiger partial charge in [-0.1, -0.05) is 31.5 Å². The highest BCUT2D eigenvalue weighted by Crippen LogP contribution is 2.15. The van der Waals surface area contributed by atoms with Crippen molar-refractivity contribution in [2.75, 3.05) is 0 Å². The Bertz CT molecular complexity index is 465. The zero-order chi connectivity index (χ0) is 13.6. The van der Waals surface area contributed by atoms with Crippen LogP contribution in [-0.2, 0) is 11.3 Å². The second-order valence-electron chi connectivity index (χ2n) is 4.51. The molecule has 4 nitrogen and oxygen atoms in total. The normalized spacial score (nSPS) is 13.6. The Labute approximate surface area is 107 Å². The third kappa shape index (κ3) is 3.31. The van der Waals surface area contributed by atoms with E-state index in [1.807, 2.05) is 19.1 Å². The number of nitriles is 1. The van der Waals surface area contributed by atoms with E-state index in [1.54, 1.807) is 19.1 Å². The van der Waals surface area contributed by atoms with E-state index in [2.05, 4.69) is 11.4 Å². The quantitative estimate of drug-likeness (QED) is 0.807. The smallest absolute Gasteiger partial charge is 0.323 e. The first-order valence-electron chi connectivity index (χ1n) is 6.00. The molecule has 96 valence electrons. The van der Waals surface area contributed by atoms with Crippen molar-refractivity contribution in [3.63, 3.8) is 0 Å². The van der Waals surface area contributed by atoms with Crippen molar-refractivity contribution in [2.24, 2.45) is 0 Å². The molecule has 0 amide bonds. The third-order valence-electron chi connectivity index (χ3n) is 3.03. The molecule has 0 radical (unpaired) electrons. The van der Waals surface area contributed by atoms with E-state index in [9.17, 15) is 9.90 Å². The minimum atomic E-state index is -0.947. The van der Waals surface area contributed by atoms with Crippen LogP contribution in [0.4, 0.5) is 0 Å². The van der Waals surface area contributed by atoms with E-state index in [0.717, 1.165) is 12.0 Å². The van der Waals surface area contributed by atoms with Crippen LogP contribution < -0.4 is 5.32 Å². The van der Waals surface area contributed by atoms with Gasteiger partial charge in [-0.3, -0.25) is 10.1 Å². The molecule has 0 aliphatic rings. The van der Waals surface area contributed by atoms with E-state index < -0.39 is 11.5 Å². The molecule has 1 aromatic rings. The summed E-state index contributed by atoms with van der Waals surface area (Å²) in [7, 11) is 0. The molecule has 18 heavy (non-hydrogen) atoms. The van der Waals surface area contributed by atoms with Gasteiger partial charge >= 0.3 is 5.97 Å². The molecule has 0 aliphatic carbocycles. The average Bonchev–Trinajstić information content (AvgIpc) is 2.37. The van der Waals surface area contributed by atoms with Crippen LogP contribution in [0, 0.1) is 11.3 Å². The van der Waals surface area contributed by atoms with Gasteiger partial charge < -0.3 is 5.11 Å². The Morgan fingerprint density at radius 2 is 2.17 bits per heavy atom. The van der Waals surface area contributed by atoms with Crippen molar-refractivity contribution < 1.29 is 9.90 Å². The van der Waals surface area contributed by atoms with Crippen molar-refractivity contribution >= 4 is 5.97 Å². The maximum atomic E-state index is 11.3. The minimum Gasteiger partial charge on any atom is -0.480 e. The van der Waals surface area contributed by atoms with E-state index in [4.69, 9.17) is 5.26 Å². The predicted molar refractivity (Wildman–Crippen MR) is 68.9 cm³/mol. The third-order valence-corrected chi connectivity index (χ3v) is 3.03. The summed E-state index contributed by atoms with van der Waals surface area (Å²) < 4.78 is 0. The largest absolute Gasteiger partial charge is 0.480 e. The highest BCUT2D eigenvalue weighted by atomic mass is 16.4. The molecule has 0 saturated carbocycles. The lowest BCUT2D eigenvalue weighted by molar-refractivity contribution is -0.144. The first kappa shape index (κ1) is 14.2. The van der Waals surface area contributed by atoms with Gasteiger partial charge in [0.1, 0.15) is 5.54 Å². The van der Waals surface area contributed by atoms with Gasteiger partial charge in [0.05, 0.1) is 11.6 Å². The molecule has 0 aliphatic heterocycles. The monoisotopic (exact) mass is 246 g/mol. The molecule has 0 bridgehead atoms. The number of hydrogen-bond donors (Lipinski definition) is 2. The zero-order valence-electron chi connectivity index (χ0n) is 10.7. The molecular formula is C14H18N2O2. The van der Waals surface area contributed by atoms with Crippen molar-refractivity contribution in [2.45, 2.75) is 38.8 Å². The van der Waals surface area contributed by atoms with Gasteiger partial charge in [-0.15, -0.1) is 0 Å². The summed E-state index contributed by atoms with van der Waals surface area (Å²) in [6.07, 6.45) is 1.34. The lowest BCUT2D eigenvalue weighted by Gasteiger charge is -2.26. The van der Waals surface area contributed by atoms with E-state index in [1.165, 1.54) is 0 Å². The Balaban J connectivity index is 2.80. The summed E-state index contributed by atoms with van der Waals surface area (Å²) in [5.74, 6) is -0.862. The van der Waals surface area contributed by atoms with Gasteiger partial charge in [0.2, 0.25) is 0 Å². The number of carboxylic acid groups (broad SMARTS) is 1. The van der Waals surface area contributed by atoms with Gasteiger partial charge in [-0.05, 0) is 25.0 Å². The summed E-state index contributed by atoms with van der Waals surface area (Å²) in [5, 5.41) is 21.2. The summed E-state index contributed by atoms with van der Waals surface area (Å²) in [4.78, 5) is 11.3. The highest BCUT2D eigenvalue weighted by Gasteiger charge is 2.31. The maximum Gasteiger partial charge on any atom is 0.323 e. The van der Waals surface area contributed by atoms with Crippen LogP contribution in [0.25, 0.3) is 0 Å². The molecule has 1 atom stereocenters. The maximum absolute atomic E-state index is 11.3. The second-order valence-corrected chi connectivity index (χ2v) is 4.51. The Hall–Kier alpha value is -1.86. The predicted octanol–water partition coefficient (Wildman–Crippen LogP) is 2.29. The summed E-state index contributed by atoms with van der Waals surface area (Å²) in [6, 6.07) is 9.31. The van der Waals surface area contributed by atoms with Gasteiger partial charge in [0.15, 0.2) is 0 Å². The number of nitrogens with one attached hydrogen (secondary N) is 1. The number of aliphatic carboxylic acids is 1. The fraction of sp³-hybridized carbons (Fsp3) is 0.429. The number of carbonyl (C=O) groups is 1. The number of rotatable bonds is 6. The number of benzene rings is 1. The van der Waals surface area contributed by atoms with Crippen molar-refractivity contribution in [3.8, 4) is 6.07 Å². The van der Waals surface area contributed by atoms with Crippen LogP contribution in [0.15, 0.2) is 24.3 Å². The van der Waals surface area contributed by atoms with Crippen LogP contribution in [0.5, 0.6) is 0 Å². The molecular weight excluding hydrogens is 228 g/mol. The average molecular weight is 246 g/mol. The Morgan fingerprint density at radius 1 is 1.50 bits per heavy atom. The highest BCUT2D eigenvalue weighted by molar-refractivity contribution is 5.78. The van der Waals surface area contributed by atoms with E-state index in [-0.39, 0.29) is 0 Å². The molecule has 0 aromatic heterocycles. The fourth-order valence-corrected chi connectivity index (χ4v) is 1.84. The molecule has 0 spiro atoms. The molecule has 2 N–H and O–H groups in total. The first-order chi connectivity index (χ1) is 8.53. The lowest BCUT2D eigenvalue weighted by atomic mass is 9.95. The van der Waals surface area contributed by atoms with Gasteiger partial charge in [0, 0.05) is 6.54 Å². The Kier molecular flexibility index (Phi) is 4.87. The standard InChI is InChI=1S/C14H18N2O2/c1-3-8-14(2,13(17)18)16-10-12-7-5-4-6-11(12)9-15/h4-7,16H,3,8,10H2,1-2H3,(H,17,18). The molecule has 1 rings (SSSR count). The molecule has 1 unspecified atom stereocenters. The summed E-state index contributed by atoms with van der Waals surface area (Å²) in [6.45, 7) is 4.01. The van der Waals surface area contributed by atoms with Crippen LogP contribution >= 0.6 is 0 Å². The number of carboxylic acids is 1. The zero-order valence-corrected chi connectivity index (χ0v) is 10.7. The van der Waals surface area contributed by atoms with Crippen molar-refractivity contribution in [3.05, 3.63) is 35.4 Å². The van der Waals surface area contributed by atoms with Crippen molar-refractivity contribution in [1.82, 2.24) is 5.32 Å².